The highest BCUT2D eigenvalue weighted by Gasteiger charge is 2.31. The van der Waals surface area contributed by atoms with E-state index < -0.39 is 12.2 Å². The Morgan fingerprint density at radius 2 is 2.05 bits per heavy atom. The van der Waals surface area contributed by atoms with Gasteiger partial charge in [-0.1, -0.05) is 35.7 Å². The molecule has 0 unspecified atom stereocenters. The van der Waals surface area contributed by atoms with E-state index in [4.69, 9.17) is 33.0 Å². The number of aliphatic hydroxyl groups is 2. The summed E-state index contributed by atoms with van der Waals surface area (Å²) in [6.07, 6.45) is 1.62. The zero-order valence-electron chi connectivity index (χ0n) is 10.6. The van der Waals surface area contributed by atoms with E-state index in [0.29, 0.717) is 16.7 Å². The molecule has 106 valence electrons. The number of hydrogen-bond donors (Lipinski definition) is 2. The molecule has 1 aromatic carbocycles. The molecule has 5 heteroatoms. The third-order valence-electron chi connectivity index (χ3n) is 3.55. The highest BCUT2D eigenvalue weighted by atomic mass is 35.5. The lowest BCUT2D eigenvalue weighted by molar-refractivity contribution is -0.0641. The fraction of sp³-hybridized carbons (Fsp3) is 0.571. The lowest BCUT2D eigenvalue weighted by Crippen LogP contribution is -2.36. The minimum atomic E-state index is -0.877. The molecule has 3 nitrogen and oxygen atoms in total. The Balaban J connectivity index is 2.28. The Hall–Kier alpha value is -0.320. The number of rotatable bonds is 3. The molecule has 0 bridgehead atoms. The first-order chi connectivity index (χ1) is 9.13. The van der Waals surface area contributed by atoms with Crippen molar-refractivity contribution in [3.63, 3.8) is 0 Å². The van der Waals surface area contributed by atoms with Gasteiger partial charge >= 0.3 is 0 Å². The quantitative estimate of drug-likeness (QED) is 0.902. The Morgan fingerprint density at radius 3 is 2.74 bits per heavy atom. The first-order valence-corrected chi connectivity index (χ1v) is 7.24. The van der Waals surface area contributed by atoms with Gasteiger partial charge in [0, 0.05) is 12.5 Å². The summed E-state index contributed by atoms with van der Waals surface area (Å²) < 4.78 is 5.71. The summed E-state index contributed by atoms with van der Waals surface area (Å²) in [5.74, 6) is 0.0272. The summed E-state index contributed by atoms with van der Waals surface area (Å²) >= 11 is 12.0. The second-order valence-electron chi connectivity index (χ2n) is 4.86. The molecule has 1 aliphatic heterocycles. The van der Waals surface area contributed by atoms with Gasteiger partial charge in [0.15, 0.2) is 0 Å². The average molecular weight is 305 g/mol. The second-order valence-corrected chi connectivity index (χ2v) is 5.68. The largest absolute Gasteiger partial charge is 0.394 e. The molecule has 0 radical (unpaired) electrons. The van der Waals surface area contributed by atoms with Gasteiger partial charge in [0.25, 0.3) is 0 Å². The SMILES string of the molecule is OC[C@H](O)[C@@H]1OCCCC[C@@H]1c1ccc(Cl)c(Cl)c1. The Morgan fingerprint density at radius 1 is 1.26 bits per heavy atom. The fourth-order valence-corrected chi connectivity index (χ4v) is 2.86. The van der Waals surface area contributed by atoms with Gasteiger partial charge in [-0.15, -0.1) is 0 Å². The van der Waals surface area contributed by atoms with Crippen molar-refractivity contribution in [2.24, 2.45) is 0 Å². The van der Waals surface area contributed by atoms with E-state index in [1.54, 1.807) is 6.07 Å². The normalized spacial score (nSPS) is 25.9. The van der Waals surface area contributed by atoms with Crippen molar-refractivity contribution in [2.45, 2.75) is 37.4 Å². The van der Waals surface area contributed by atoms with Crippen molar-refractivity contribution in [3.05, 3.63) is 33.8 Å². The van der Waals surface area contributed by atoms with Crippen molar-refractivity contribution < 1.29 is 14.9 Å². The molecule has 1 heterocycles. The van der Waals surface area contributed by atoms with Crippen LogP contribution in [-0.2, 0) is 4.74 Å². The van der Waals surface area contributed by atoms with E-state index in [0.717, 1.165) is 24.8 Å². The van der Waals surface area contributed by atoms with Gasteiger partial charge in [0.05, 0.1) is 22.8 Å². The van der Waals surface area contributed by atoms with E-state index in [1.807, 2.05) is 12.1 Å². The molecule has 1 aliphatic rings. The second kappa shape index (κ2) is 6.91. The molecule has 1 fully saturated rings. The number of benzene rings is 1. The monoisotopic (exact) mass is 304 g/mol. The van der Waals surface area contributed by atoms with Crippen LogP contribution in [0.5, 0.6) is 0 Å². The molecule has 0 spiro atoms. The molecular formula is C14H18Cl2O3. The average Bonchev–Trinajstić information content (AvgIpc) is 2.66. The first-order valence-electron chi connectivity index (χ1n) is 6.49. The minimum absolute atomic E-state index is 0.0272. The van der Waals surface area contributed by atoms with Crippen molar-refractivity contribution >= 4 is 23.2 Å². The zero-order valence-corrected chi connectivity index (χ0v) is 12.1. The number of ether oxygens (including phenoxy) is 1. The first kappa shape index (κ1) is 15.1. The highest BCUT2D eigenvalue weighted by Crippen LogP contribution is 2.35. The maximum absolute atomic E-state index is 9.93. The molecular weight excluding hydrogens is 287 g/mol. The number of aliphatic hydroxyl groups excluding tert-OH is 2. The van der Waals surface area contributed by atoms with Crippen LogP contribution in [0.25, 0.3) is 0 Å². The maximum Gasteiger partial charge on any atom is 0.104 e. The number of halogens is 2. The summed E-state index contributed by atoms with van der Waals surface area (Å²) in [4.78, 5) is 0. The molecule has 19 heavy (non-hydrogen) atoms. The molecule has 3 atom stereocenters. The molecule has 1 saturated heterocycles. The van der Waals surface area contributed by atoms with E-state index >= 15 is 0 Å². The maximum atomic E-state index is 9.93. The zero-order chi connectivity index (χ0) is 13.8. The molecule has 1 aromatic rings. The van der Waals surface area contributed by atoms with Crippen molar-refractivity contribution in [3.8, 4) is 0 Å². The highest BCUT2D eigenvalue weighted by molar-refractivity contribution is 6.42. The van der Waals surface area contributed by atoms with Crippen molar-refractivity contribution in [1.82, 2.24) is 0 Å². The van der Waals surface area contributed by atoms with Gasteiger partial charge < -0.3 is 14.9 Å². The molecule has 0 saturated carbocycles. The van der Waals surface area contributed by atoms with Crippen LogP contribution >= 0.6 is 23.2 Å². The van der Waals surface area contributed by atoms with E-state index in [2.05, 4.69) is 0 Å². The Labute approximate surface area is 123 Å². The predicted octanol–water partition coefficient (Wildman–Crippen LogP) is 3.00. The fourth-order valence-electron chi connectivity index (χ4n) is 2.55. The van der Waals surface area contributed by atoms with Gasteiger partial charge in [0.1, 0.15) is 6.10 Å². The van der Waals surface area contributed by atoms with Crippen molar-refractivity contribution in [2.75, 3.05) is 13.2 Å². The van der Waals surface area contributed by atoms with Gasteiger partial charge in [-0.2, -0.15) is 0 Å². The predicted molar refractivity (Wildman–Crippen MR) is 75.9 cm³/mol. The van der Waals surface area contributed by atoms with Crippen LogP contribution < -0.4 is 0 Å². The molecule has 2 rings (SSSR count). The van der Waals surface area contributed by atoms with Gasteiger partial charge in [0.2, 0.25) is 0 Å². The van der Waals surface area contributed by atoms with Crippen LogP contribution in [0.4, 0.5) is 0 Å². The Kier molecular flexibility index (Phi) is 5.48. The standard InChI is InChI=1S/C14H18Cl2O3/c15-11-5-4-9(7-12(11)16)10-3-1-2-6-19-14(10)13(18)8-17/h4-5,7,10,13-14,17-18H,1-3,6,8H2/t10-,13+,14-/m1/s1. The number of hydrogen-bond acceptors (Lipinski definition) is 3. The summed E-state index contributed by atoms with van der Waals surface area (Å²) in [5, 5.41) is 20.1. The third kappa shape index (κ3) is 3.61. The molecule has 0 amide bonds. The van der Waals surface area contributed by atoms with Crippen molar-refractivity contribution in [1.29, 1.82) is 0 Å². The Bertz CT molecular complexity index is 425. The van der Waals surface area contributed by atoms with Crippen LogP contribution in [0, 0.1) is 0 Å². The topological polar surface area (TPSA) is 49.7 Å². The molecule has 2 N–H and O–H groups in total. The van der Waals surface area contributed by atoms with E-state index in [9.17, 15) is 5.11 Å². The smallest absolute Gasteiger partial charge is 0.104 e. The van der Waals surface area contributed by atoms with Crippen LogP contribution in [0.1, 0.15) is 30.7 Å². The third-order valence-corrected chi connectivity index (χ3v) is 4.29. The lowest BCUT2D eigenvalue weighted by Gasteiger charge is -2.28. The van der Waals surface area contributed by atoms with Crippen LogP contribution in [0.3, 0.4) is 0 Å². The van der Waals surface area contributed by atoms with E-state index in [1.165, 1.54) is 0 Å². The summed E-state index contributed by atoms with van der Waals surface area (Å²) in [6.45, 7) is 0.308. The lowest BCUT2D eigenvalue weighted by atomic mass is 9.87. The summed E-state index contributed by atoms with van der Waals surface area (Å²) in [7, 11) is 0. The van der Waals surface area contributed by atoms with Gasteiger partial charge in [-0.25, -0.2) is 0 Å². The molecule has 0 aliphatic carbocycles. The van der Waals surface area contributed by atoms with Crippen LogP contribution in [-0.4, -0.2) is 35.6 Å². The molecule has 0 aromatic heterocycles. The van der Waals surface area contributed by atoms with Gasteiger partial charge in [-0.05, 0) is 30.5 Å². The van der Waals surface area contributed by atoms with Gasteiger partial charge in [-0.3, -0.25) is 0 Å². The van der Waals surface area contributed by atoms with E-state index in [-0.39, 0.29) is 12.5 Å². The summed E-state index contributed by atoms with van der Waals surface area (Å²) in [5.41, 5.74) is 0.994. The summed E-state index contributed by atoms with van der Waals surface area (Å²) in [6, 6.07) is 5.48. The van der Waals surface area contributed by atoms with Crippen LogP contribution in [0.2, 0.25) is 10.0 Å². The minimum Gasteiger partial charge on any atom is -0.394 e. The van der Waals surface area contributed by atoms with Crippen LogP contribution in [0.15, 0.2) is 18.2 Å².